The van der Waals surface area contributed by atoms with Gasteiger partial charge >= 0.3 is 0 Å². The molecule has 0 bridgehead atoms. The monoisotopic (exact) mass is 450 g/mol. The molecule has 0 radical (unpaired) electrons. The van der Waals surface area contributed by atoms with Crippen LogP contribution in [0.25, 0.3) is 10.8 Å². The molecule has 3 aromatic carbocycles. The molecule has 4 rings (SSSR count). The lowest BCUT2D eigenvalue weighted by molar-refractivity contribution is -0.0258. The summed E-state index contributed by atoms with van der Waals surface area (Å²) in [6.45, 7) is 0.469. The van der Waals surface area contributed by atoms with Crippen LogP contribution in [0, 0.1) is 0 Å². The maximum Gasteiger partial charge on any atom is 0.264 e. The lowest BCUT2D eigenvalue weighted by Crippen LogP contribution is -2.26. The lowest BCUT2D eigenvalue weighted by atomic mass is 10.0. The summed E-state index contributed by atoms with van der Waals surface area (Å²) >= 11 is 0. The number of hydrogen-bond donors (Lipinski definition) is 1. The quantitative estimate of drug-likeness (QED) is 0.435. The number of hydroxylamine groups is 1. The lowest BCUT2D eigenvalue weighted by Gasteiger charge is -2.15. The molecular formula is C23H22N4O4S. The SMILES string of the molecule is CON(C)S(=O)(=O)c1cccc(C(=O)Nc2ccnn2Cc2cccc3ccccc23)c1. The van der Waals surface area contributed by atoms with Crippen molar-refractivity contribution in [1.29, 1.82) is 0 Å². The fourth-order valence-electron chi connectivity index (χ4n) is 3.39. The Kier molecular flexibility index (Phi) is 6.04. The Hall–Kier alpha value is -3.53. The summed E-state index contributed by atoms with van der Waals surface area (Å²) in [7, 11) is -1.32. The number of aromatic nitrogens is 2. The van der Waals surface area contributed by atoms with Gasteiger partial charge in [-0.3, -0.25) is 9.63 Å². The Labute approximate surface area is 186 Å². The zero-order valence-corrected chi connectivity index (χ0v) is 18.4. The average Bonchev–Trinajstić information content (AvgIpc) is 3.25. The first-order valence-corrected chi connectivity index (χ1v) is 11.3. The molecule has 0 aliphatic rings. The third-order valence-electron chi connectivity index (χ3n) is 5.15. The van der Waals surface area contributed by atoms with Crippen LogP contribution in [0.2, 0.25) is 0 Å². The van der Waals surface area contributed by atoms with Crippen LogP contribution < -0.4 is 5.32 Å². The molecule has 0 spiro atoms. The van der Waals surface area contributed by atoms with Crippen molar-refractivity contribution in [2.75, 3.05) is 19.5 Å². The number of sulfonamides is 1. The van der Waals surface area contributed by atoms with Gasteiger partial charge in [-0.2, -0.15) is 5.10 Å². The summed E-state index contributed by atoms with van der Waals surface area (Å²) in [4.78, 5) is 17.6. The predicted octanol–water partition coefficient (Wildman–Crippen LogP) is 3.52. The van der Waals surface area contributed by atoms with E-state index in [2.05, 4.69) is 16.5 Å². The standard InChI is InChI=1S/C23H22N4O4S/c1-26(31-2)32(29,30)20-11-6-9-18(15-20)23(28)25-22-13-14-24-27(22)16-19-10-5-8-17-7-3-4-12-21(17)19/h3-15H,16H2,1-2H3,(H,25,28). The van der Waals surface area contributed by atoms with Crippen LogP contribution in [0.4, 0.5) is 5.82 Å². The predicted molar refractivity (Wildman–Crippen MR) is 122 cm³/mol. The molecule has 0 saturated carbocycles. The van der Waals surface area contributed by atoms with Crippen LogP contribution >= 0.6 is 0 Å². The van der Waals surface area contributed by atoms with Crippen LogP contribution in [-0.2, 0) is 21.4 Å². The number of carbonyl (C=O) groups excluding carboxylic acids is 1. The van der Waals surface area contributed by atoms with Gasteiger partial charge in [0, 0.05) is 18.7 Å². The molecule has 4 aromatic rings. The van der Waals surface area contributed by atoms with E-state index in [0.717, 1.165) is 20.8 Å². The van der Waals surface area contributed by atoms with Gasteiger partial charge in [-0.1, -0.05) is 53.0 Å². The molecule has 0 atom stereocenters. The third-order valence-corrected chi connectivity index (χ3v) is 6.82. The summed E-state index contributed by atoms with van der Waals surface area (Å²) in [6, 6.07) is 21.6. The number of rotatable bonds is 7. The molecule has 1 N–H and O–H groups in total. The van der Waals surface area contributed by atoms with E-state index in [9.17, 15) is 13.2 Å². The van der Waals surface area contributed by atoms with E-state index >= 15 is 0 Å². The molecule has 8 nitrogen and oxygen atoms in total. The van der Waals surface area contributed by atoms with E-state index in [-0.39, 0.29) is 10.5 Å². The number of fused-ring (bicyclic) bond motifs is 1. The summed E-state index contributed by atoms with van der Waals surface area (Å²) < 4.78 is 27.4. The van der Waals surface area contributed by atoms with Crippen molar-refractivity contribution >= 4 is 32.5 Å². The van der Waals surface area contributed by atoms with Crippen LogP contribution in [0.3, 0.4) is 0 Å². The van der Waals surface area contributed by atoms with Gasteiger partial charge in [-0.25, -0.2) is 13.1 Å². The van der Waals surface area contributed by atoms with Crippen molar-refractivity contribution in [3.05, 3.63) is 90.1 Å². The highest BCUT2D eigenvalue weighted by Gasteiger charge is 2.22. The van der Waals surface area contributed by atoms with Gasteiger partial charge in [0.1, 0.15) is 5.82 Å². The second-order valence-corrected chi connectivity index (χ2v) is 9.03. The van der Waals surface area contributed by atoms with E-state index < -0.39 is 15.9 Å². The van der Waals surface area contributed by atoms with Crippen molar-refractivity contribution < 1.29 is 18.0 Å². The highest BCUT2D eigenvalue weighted by Crippen LogP contribution is 2.21. The number of nitrogens with zero attached hydrogens (tertiary/aromatic N) is 3. The zero-order valence-electron chi connectivity index (χ0n) is 17.6. The third kappa shape index (κ3) is 4.26. The van der Waals surface area contributed by atoms with Crippen molar-refractivity contribution in [2.45, 2.75) is 11.4 Å². The number of hydrogen-bond acceptors (Lipinski definition) is 5. The number of carbonyl (C=O) groups is 1. The Balaban J connectivity index is 1.57. The Morgan fingerprint density at radius 3 is 2.62 bits per heavy atom. The number of nitrogens with one attached hydrogen (secondary N) is 1. The second kappa shape index (κ2) is 8.91. The van der Waals surface area contributed by atoms with Gasteiger partial charge in [0.05, 0.1) is 24.7 Å². The molecule has 0 fully saturated rings. The normalized spacial score (nSPS) is 11.7. The maximum atomic E-state index is 12.9. The molecule has 0 aliphatic heterocycles. The topological polar surface area (TPSA) is 93.5 Å². The van der Waals surface area contributed by atoms with Crippen LogP contribution in [0.15, 0.2) is 83.9 Å². The average molecular weight is 451 g/mol. The first-order valence-electron chi connectivity index (χ1n) is 9.83. The van der Waals surface area contributed by atoms with Gasteiger partial charge in [0.25, 0.3) is 15.9 Å². The fraction of sp³-hybridized carbons (Fsp3) is 0.130. The Morgan fingerprint density at radius 1 is 1.06 bits per heavy atom. The van der Waals surface area contributed by atoms with E-state index in [0.29, 0.717) is 12.4 Å². The second-order valence-electron chi connectivity index (χ2n) is 7.09. The van der Waals surface area contributed by atoms with Crippen LogP contribution in [0.5, 0.6) is 0 Å². The molecule has 32 heavy (non-hydrogen) atoms. The van der Waals surface area contributed by atoms with Gasteiger partial charge in [-0.15, -0.1) is 0 Å². The summed E-state index contributed by atoms with van der Waals surface area (Å²) in [5.74, 6) is 0.0620. The van der Waals surface area contributed by atoms with Crippen molar-refractivity contribution in [1.82, 2.24) is 14.2 Å². The van der Waals surface area contributed by atoms with Crippen LogP contribution in [0.1, 0.15) is 15.9 Å². The van der Waals surface area contributed by atoms with E-state index in [1.54, 1.807) is 23.0 Å². The summed E-state index contributed by atoms with van der Waals surface area (Å²) in [5, 5.41) is 9.40. The summed E-state index contributed by atoms with van der Waals surface area (Å²) in [5.41, 5.74) is 1.27. The Morgan fingerprint density at radius 2 is 1.81 bits per heavy atom. The molecular weight excluding hydrogens is 428 g/mol. The van der Waals surface area contributed by atoms with Crippen molar-refractivity contribution in [3.63, 3.8) is 0 Å². The minimum absolute atomic E-state index is 0.0428. The number of anilines is 1. The maximum absolute atomic E-state index is 12.9. The number of amides is 1. The van der Waals surface area contributed by atoms with Crippen LogP contribution in [-0.4, -0.2) is 42.7 Å². The molecule has 0 unspecified atom stereocenters. The van der Waals surface area contributed by atoms with Gasteiger partial charge in [0.2, 0.25) is 0 Å². The first-order chi connectivity index (χ1) is 15.4. The van der Waals surface area contributed by atoms with E-state index in [1.807, 2.05) is 36.4 Å². The van der Waals surface area contributed by atoms with Crippen molar-refractivity contribution in [2.24, 2.45) is 0 Å². The first kappa shape index (κ1) is 21.7. The molecule has 0 aliphatic carbocycles. The largest absolute Gasteiger partial charge is 0.307 e. The molecule has 1 aromatic heterocycles. The van der Waals surface area contributed by atoms with Gasteiger partial charge in [-0.05, 0) is 34.5 Å². The molecule has 1 amide bonds. The highest BCUT2D eigenvalue weighted by atomic mass is 32.2. The van der Waals surface area contributed by atoms with Gasteiger partial charge in [0.15, 0.2) is 0 Å². The minimum Gasteiger partial charge on any atom is -0.307 e. The van der Waals surface area contributed by atoms with Crippen molar-refractivity contribution in [3.8, 4) is 0 Å². The smallest absolute Gasteiger partial charge is 0.264 e. The minimum atomic E-state index is -3.86. The Bertz CT molecular complexity index is 1380. The molecule has 0 saturated heterocycles. The number of benzene rings is 3. The van der Waals surface area contributed by atoms with E-state index in [1.165, 1.54) is 32.4 Å². The van der Waals surface area contributed by atoms with E-state index in [4.69, 9.17) is 4.84 Å². The fourth-order valence-corrected chi connectivity index (χ4v) is 4.41. The zero-order chi connectivity index (χ0) is 22.7. The molecule has 1 heterocycles. The molecule has 164 valence electrons. The molecule has 9 heteroatoms. The summed E-state index contributed by atoms with van der Waals surface area (Å²) in [6.07, 6.45) is 1.61. The highest BCUT2D eigenvalue weighted by molar-refractivity contribution is 7.89. The van der Waals surface area contributed by atoms with Gasteiger partial charge < -0.3 is 5.32 Å².